The van der Waals surface area contributed by atoms with Gasteiger partial charge in [0, 0.05) is 0 Å². The van der Waals surface area contributed by atoms with Crippen LogP contribution in [0.5, 0.6) is 0 Å². The SMILES string of the molecule is C1=CC/C(=C/C2CCCC2)C=C1. The number of hydrogen-bond acceptors (Lipinski definition) is 0. The average molecular weight is 160 g/mol. The molecule has 0 spiro atoms. The Balaban J connectivity index is 1.97. The minimum Gasteiger partial charge on any atom is -0.0801 e. The van der Waals surface area contributed by atoms with Gasteiger partial charge < -0.3 is 0 Å². The Labute approximate surface area is 74.7 Å². The molecule has 0 aromatic heterocycles. The molecule has 0 aromatic rings. The Morgan fingerprint density at radius 3 is 2.67 bits per heavy atom. The van der Waals surface area contributed by atoms with Crippen molar-refractivity contribution in [1.29, 1.82) is 0 Å². The van der Waals surface area contributed by atoms with E-state index in [1.165, 1.54) is 31.3 Å². The second-order valence-electron chi connectivity index (χ2n) is 3.78. The van der Waals surface area contributed by atoms with Crippen molar-refractivity contribution in [2.24, 2.45) is 5.92 Å². The molecule has 0 heteroatoms. The normalized spacial score (nSPS) is 27.2. The van der Waals surface area contributed by atoms with Gasteiger partial charge in [0.15, 0.2) is 0 Å². The molecular formula is C12H16. The van der Waals surface area contributed by atoms with E-state index in [-0.39, 0.29) is 0 Å². The van der Waals surface area contributed by atoms with Crippen LogP contribution in [0.1, 0.15) is 32.1 Å². The molecule has 0 unspecified atom stereocenters. The van der Waals surface area contributed by atoms with E-state index in [0.717, 1.165) is 12.3 Å². The van der Waals surface area contributed by atoms with Crippen molar-refractivity contribution in [2.45, 2.75) is 32.1 Å². The van der Waals surface area contributed by atoms with Gasteiger partial charge in [-0.1, -0.05) is 43.2 Å². The highest BCUT2D eigenvalue weighted by Crippen LogP contribution is 2.28. The predicted octanol–water partition coefficient (Wildman–Crippen LogP) is 3.62. The lowest BCUT2D eigenvalue weighted by Gasteiger charge is -2.06. The molecule has 2 rings (SSSR count). The monoisotopic (exact) mass is 160 g/mol. The molecular weight excluding hydrogens is 144 g/mol. The summed E-state index contributed by atoms with van der Waals surface area (Å²) in [5.41, 5.74) is 1.52. The van der Waals surface area contributed by atoms with Gasteiger partial charge in [-0.15, -0.1) is 0 Å². The lowest BCUT2D eigenvalue weighted by molar-refractivity contribution is 0.680. The van der Waals surface area contributed by atoms with Crippen LogP contribution in [0, 0.1) is 5.92 Å². The molecule has 0 N–H and O–H groups in total. The first-order valence-electron chi connectivity index (χ1n) is 4.99. The van der Waals surface area contributed by atoms with Crippen LogP contribution in [0.3, 0.4) is 0 Å². The lowest BCUT2D eigenvalue weighted by atomic mass is 10.00. The lowest BCUT2D eigenvalue weighted by Crippen LogP contribution is -1.90. The summed E-state index contributed by atoms with van der Waals surface area (Å²) in [5, 5.41) is 0. The summed E-state index contributed by atoms with van der Waals surface area (Å²) >= 11 is 0. The zero-order valence-corrected chi connectivity index (χ0v) is 7.50. The Morgan fingerprint density at radius 2 is 2.00 bits per heavy atom. The molecule has 0 radical (unpaired) electrons. The Kier molecular flexibility index (Phi) is 2.45. The first kappa shape index (κ1) is 7.85. The smallest absolute Gasteiger partial charge is 0.00974 e. The third kappa shape index (κ3) is 1.88. The molecule has 0 aromatic carbocycles. The van der Waals surface area contributed by atoms with Crippen LogP contribution in [-0.2, 0) is 0 Å². The standard InChI is InChI=1S/C12H16/c1-2-6-11(7-3-1)10-12-8-4-5-9-12/h1-3,6,10,12H,4-5,7-9H2/b11-10+. The van der Waals surface area contributed by atoms with Gasteiger partial charge in [0.05, 0.1) is 0 Å². The van der Waals surface area contributed by atoms with E-state index in [9.17, 15) is 0 Å². The minimum absolute atomic E-state index is 0.885. The molecule has 2 aliphatic carbocycles. The number of hydrogen-bond donors (Lipinski definition) is 0. The minimum atomic E-state index is 0.885. The van der Waals surface area contributed by atoms with Crippen molar-refractivity contribution in [3.05, 3.63) is 36.0 Å². The Morgan fingerprint density at radius 1 is 1.17 bits per heavy atom. The first-order valence-corrected chi connectivity index (χ1v) is 4.99. The zero-order valence-electron chi connectivity index (χ0n) is 7.50. The molecule has 0 atom stereocenters. The second-order valence-corrected chi connectivity index (χ2v) is 3.78. The maximum atomic E-state index is 2.48. The zero-order chi connectivity index (χ0) is 8.23. The molecule has 2 aliphatic rings. The summed E-state index contributed by atoms with van der Waals surface area (Å²) in [6.07, 6.45) is 18.1. The molecule has 0 aliphatic heterocycles. The van der Waals surface area contributed by atoms with Crippen molar-refractivity contribution >= 4 is 0 Å². The summed E-state index contributed by atoms with van der Waals surface area (Å²) in [5.74, 6) is 0.885. The predicted molar refractivity (Wildman–Crippen MR) is 52.9 cm³/mol. The largest absolute Gasteiger partial charge is 0.0801 e. The van der Waals surface area contributed by atoms with E-state index in [4.69, 9.17) is 0 Å². The van der Waals surface area contributed by atoms with Gasteiger partial charge in [-0.3, -0.25) is 0 Å². The van der Waals surface area contributed by atoms with Gasteiger partial charge >= 0.3 is 0 Å². The Hall–Kier alpha value is -0.780. The summed E-state index contributed by atoms with van der Waals surface area (Å²) in [6.45, 7) is 0. The number of allylic oxidation sites excluding steroid dienone is 6. The molecule has 12 heavy (non-hydrogen) atoms. The van der Waals surface area contributed by atoms with Crippen molar-refractivity contribution in [3.8, 4) is 0 Å². The van der Waals surface area contributed by atoms with Crippen molar-refractivity contribution < 1.29 is 0 Å². The fourth-order valence-electron chi connectivity index (χ4n) is 2.08. The molecule has 0 heterocycles. The Bertz CT molecular complexity index is 224. The van der Waals surface area contributed by atoms with Gasteiger partial charge in [-0.25, -0.2) is 0 Å². The van der Waals surface area contributed by atoms with Crippen LogP contribution in [0.4, 0.5) is 0 Å². The van der Waals surface area contributed by atoms with Crippen molar-refractivity contribution in [2.75, 3.05) is 0 Å². The van der Waals surface area contributed by atoms with Crippen LogP contribution in [0.15, 0.2) is 36.0 Å². The molecule has 1 saturated carbocycles. The van der Waals surface area contributed by atoms with Crippen LogP contribution < -0.4 is 0 Å². The summed E-state index contributed by atoms with van der Waals surface area (Å²) < 4.78 is 0. The molecule has 0 nitrogen and oxygen atoms in total. The van der Waals surface area contributed by atoms with E-state index in [2.05, 4.69) is 30.4 Å². The van der Waals surface area contributed by atoms with Crippen LogP contribution >= 0.6 is 0 Å². The number of rotatable bonds is 1. The summed E-state index contributed by atoms with van der Waals surface area (Å²) in [6, 6.07) is 0. The molecule has 64 valence electrons. The van der Waals surface area contributed by atoms with Crippen LogP contribution in [0.2, 0.25) is 0 Å². The van der Waals surface area contributed by atoms with Gasteiger partial charge in [0.2, 0.25) is 0 Å². The molecule has 1 fully saturated rings. The van der Waals surface area contributed by atoms with E-state index in [1.807, 2.05) is 0 Å². The van der Waals surface area contributed by atoms with Gasteiger partial charge in [-0.05, 0) is 30.8 Å². The molecule has 0 bridgehead atoms. The van der Waals surface area contributed by atoms with Crippen LogP contribution in [-0.4, -0.2) is 0 Å². The van der Waals surface area contributed by atoms with Crippen LogP contribution in [0.25, 0.3) is 0 Å². The third-order valence-corrected chi connectivity index (χ3v) is 2.76. The summed E-state index contributed by atoms with van der Waals surface area (Å²) in [4.78, 5) is 0. The fraction of sp³-hybridized carbons (Fsp3) is 0.500. The highest BCUT2D eigenvalue weighted by molar-refractivity contribution is 5.29. The second kappa shape index (κ2) is 3.75. The fourth-order valence-corrected chi connectivity index (χ4v) is 2.08. The quantitative estimate of drug-likeness (QED) is 0.549. The van der Waals surface area contributed by atoms with E-state index >= 15 is 0 Å². The molecule has 0 amide bonds. The molecule has 0 saturated heterocycles. The average Bonchev–Trinajstić information content (AvgIpc) is 2.59. The topological polar surface area (TPSA) is 0 Å². The van der Waals surface area contributed by atoms with E-state index < -0.39 is 0 Å². The van der Waals surface area contributed by atoms with Gasteiger partial charge in [0.1, 0.15) is 0 Å². The summed E-state index contributed by atoms with van der Waals surface area (Å²) in [7, 11) is 0. The maximum absolute atomic E-state index is 2.48. The van der Waals surface area contributed by atoms with E-state index in [1.54, 1.807) is 0 Å². The van der Waals surface area contributed by atoms with E-state index in [0.29, 0.717) is 0 Å². The van der Waals surface area contributed by atoms with Gasteiger partial charge in [0.25, 0.3) is 0 Å². The maximum Gasteiger partial charge on any atom is -0.00974 e. The van der Waals surface area contributed by atoms with Crippen molar-refractivity contribution in [1.82, 2.24) is 0 Å². The first-order chi connectivity index (χ1) is 5.95. The third-order valence-electron chi connectivity index (χ3n) is 2.76. The highest BCUT2D eigenvalue weighted by Gasteiger charge is 2.12. The van der Waals surface area contributed by atoms with Crippen molar-refractivity contribution in [3.63, 3.8) is 0 Å². The highest BCUT2D eigenvalue weighted by atomic mass is 14.2. The van der Waals surface area contributed by atoms with Gasteiger partial charge in [-0.2, -0.15) is 0 Å².